The quantitative estimate of drug-likeness (QED) is 0.407. The van der Waals surface area contributed by atoms with Crippen molar-refractivity contribution in [2.24, 2.45) is 0 Å². The Hall–Kier alpha value is -3.66. The van der Waals surface area contributed by atoms with Crippen LogP contribution >= 0.6 is 0 Å². The predicted octanol–water partition coefficient (Wildman–Crippen LogP) is 5.60. The maximum absolute atomic E-state index is 12.2. The molecule has 0 unspecified atom stereocenters. The molecular weight excluding hydrogens is 362 g/mol. The van der Waals surface area contributed by atoms with Crippen molar-refractivity contribution < 1.29 is 13.9 Å². The Kier molecular flexibility index (Phi) is 5.52. The molecule has 29 heavy (non-hydrogen) atoms. The molecule has 3 aromatic carbocycles. The van der Waals surface area contributed by atoms with Crippen LogP contribution in [0.5, 0.6) is 0 Å². The van der Waals surface area contributed by atoms with E-state index < -0.39 is 0 Å². The summed E-state index contributed by atoms with van der Waals surface area (Å²) < 4.78 is 11.1. The van der Waals surface area contributed by atoms with Crippen molar-refractivity contribution in [1.82, 2.24) is 4.98 Å². The van der Waals surface area contributed by atoms with Gasteiger partial charge in [-0.1, -0.05) is 72.8 Å². The highest BCUT2D eigenvalue weighted by Gasteiger charge is 2.13. The number of carbonyl (C=O) groups is 1. The topological polar surface area (TPSA) is 52.3 Å². The van der Waals surface area contributed by atoms with Gasteiger partial charge < -0.3 is 9.15 Å². The second-order valence-corrected chi connectivity index (χ2v) is 6.79. The van der Waals surface area contributed by atoms with Gasteiger partial charge in [0.05, 0.1) is 6.42 Å². The molecule has 0 bridgehead atoms. The molecule has 0 aliphatic heterocycles. The van der Waals surface area contributed by atoms with Crippen molar-refractivity contribution >= 4 is 5.97 Å². The Morgan fingerprint density at radius 2 is 1.41 bits per heavy atom. The van der Waals surface area contributed by atoms with Gasteiger partial charge in [-0.3, -0.25) is 4.79 Å². The Bertz CT molecular complexity index is 1080. The summed E-state index contributed by atoms with van der Waals surface area (Å²) in [6.45, 7) is 1.92. The number of nitrogens with zero attached hydrogens (tertiary/aromatic N) is 1. The van der Waals surface area contributed by atoms with E-state index in [1.807, 2.05) is 79.7 Å². The van der Waals surface area contributed by atoms with Crippen LogP contribution in [0.15, 0.2) is 89.3 Å². The van der Waals surface area contributed by atoms with E-state index in [9.17, 15) is 4.79 Å². The highest BCUT2D eigenvalue weighted by atomic mass is 16.5. The third-order valence-corrected chi connectivity index (χ3v) is 4.69. The van der Waals surface area contributed by atoms with Crippen LogP contribution in [0.1, 0.15) is 17.0 Å². The molecule has 0 aliphatic rings. The number of rotatable bonds is 6. The zero-order chi connectivity index (χ0) is 20.1. The molecule has 1 aromatic heterocycles. The monoisotopic (exact) mass is 383 g/mol. The molecule has 0 N–H and O–H groups in total. The van der Waals surface area contributed by atoms with Gasteiger partial charge in [-0.05, 0) is 35.7 Å². The van der Waals surface area contributed by atoms with E-state index in [0.29, 0.717) is 17.3 Å². The van der Waals surface area contributed by atoms with Crippen LogP contribution in [0, 0.1) is 6.92 Å². The number of esters is 1. The maximum Gasteiger partial charge on any atom is 0.310 e. The van der Waals surface area contributed by atoms with Crippen molar-refractivity contribution in [2.45, 2.75) is 20.0 Å². The Morgan fingerprint density at radius 3 is 2.07 bits per heavy atom. The summed E-state index contributed by atoms with van der Waals surface area (Å²) in [5.41, 5.74) is 4.71. The van der Waals surface area contributed by atoms with Gasteiger partial charge >= 0.3 is 5.97 Å². The van der Waals surface area contributed by atoms with Crippen LogP contribution in [0.25, 0.3) is 22.6 Å². The highest BCUT2D eigenvalue weighted by Crippen LogP contribution is 2.22. The lowest BCUT2D eigenvalue weighted by Gasteiger charge is -2.05. The number of benzene rings is 3. The smallest absolute Gasteiger partial charge is 0.310 e. The zero-order valence-electron chi connectivity index (χ0n) is 16.2. The van der Waals surface area contributed by atoms with Gasteiger partial charge in [-0.15, -0.1) is 0 Å². The second-order valence-electron chi connectivity index (χ2n) is 6.79. The zero-order valence-corrected chi connectivity index (χ0v) is 16.2. The number of oxazole rings is 1. The fourth-order valence-electron chi connectivity index (χ4n) is 3.08. The number of carbonyl (C=O) groups excluding carboxylic acids is 1. The SMILES string of the molecule is Cc1oc(-c2ccccc2)nc1COC(=O)Cc1ccc(-c2ccccc2)cc1. The lowest BCUT2D eigenvalue weighted by atomic mass is 10.0. The van der Waals surface area contributed by atoms with Gasteiger partial charge in [0.2, 0.25) is 5.89 Å². The summed E-state index contributed by atoms with van der Waals surface area (Å²) in [5, 5.41) is 0. The normalized spacial score (nSPS) is 10.7. The maximum atomic E-state index is 12.2. The average molecular weight is 383 g/mol. The van der Waals surface area contributed by atoms with Crippen LogP contribution in [-0.4, -0.2) is 11.0 Å². The van der Waals surface area contributed by atoms with E-state index in [1.165, 1.54) is 0 Å². The van der Waals surface area contributed by atoms with Gasteiger partial charge in [0, 0.05) is 5.56 Å². The molecule has 4 aromatic rings. The fourth-order valence-corrected chi connectivity index (χ4v) is 3.08. The van der Waals surface area contributed by atoms with Gasteiger partial charge in [-0.2, -0.15) is 0 Å². The molecule has 0 radical (unpaired) electrons. The minimum absolute atomic E-state index is 0.100. The number of hydrogen-bond acceptors (Lipinski definition) is 4. The van der Waals surface area contributed by atoms with Gasteiger partial charge in [0.15, 0.2) is 0 Å². The number of aryl methyl sites for hydroxylation is 1. The van der Waals surface area contributed by atoms with Crippen molar-refractivity contribution in [2.75, 3.05) is 0 Å². The lowest BCUT2D eigenvalue weighted by molar-refractivity contribution is -0.144. The average Bonchev–Trinajstić information content (AvgIpc) is 3.15. The van der Waals surface area contributed by atoms with Crippen molar-refractivity contribution in [1.29, 1.82) is 0 Å². The summed E-state index contributed by atoms with van der Waals surface area (Å²) in [4.78, 5) is 16.7. The van der Waals surface area contributed by atoms with Gasteiger partial charge in [0.25, 0.3) is 0 Å². The molecule has 0 saturated heterocycles. The summed E-state index contributed by atoms with van der Waals surface area (Å²) in [5.74, 6) is 0.899. The molecule has 4 heteroatoms. The third-order valence-electron chi connectivity index (χ3n) is 4.69. The van der Waals surface area contributed by atoms with E-state index in [2.05, 4.69) is 17.1 Å². The first-order valence-electron chi connectivity index (χ1n) is 9.51. The molecule has 0 saturated carbocycles. The molecule has 4 nitrogen and oxygen atoms in total. The van der Waals surface area contributed by atoms with Crippen molar-refractivity contribution in [3.05, 3.63) is 102 Å². The van der Waals surface area contributed by atoms with E-state index in [4.69, 9.17) is 9.15 Å². The molecule has 0 aliphatic carbocycles. The highest BCUT2D eigenvalue weighted by molar-refractivity contribution is 5.73. The lowest BCUT2D eigenvalue weighted by Crippen LogP contribution is -2.08. The van der Waals surface area contributed by atoms with Gasteiger partial charge in [-0.25, -0.2) is 4.98 Å². The first-order chi connectivity index (χ1) is 14.2. The summed E-state index contributed by atoms with van der Waals surface area (Å²) >= 11 is 0. The van der Waals surface area contributed by atoms with Crippen LogP contribution in [0.3, 0.4) is 0 Å². The molecule has 4 rings (SSSR count). The van der Waals surface area contributed by atoms with Crippen LogP contribution in [-0.2, 0) is 22.6 Å². The second kappa shape index (κ2) is 8.57. The van der Waals surface area contributed by atoms with Crippen LogP contribution in [0.2, 0.25) is 0 Å². The molecule has 0 amide bonds. The van der Waals surface area contributed by atoms with E-state index in [0.717, 1.165) is 22.3 Å². The van der Waals surface area contributed by atoms with Crippen LogP contribution in [0.4, 0.5) is 0 Å². The van der Waals surface area contributed by atoms with Gasteiger partial charge in [0.1, 0.15) is 18.1 Å². The predicted molar refractivity (Wildman–Crippen MR) is 112 cm³/mol. The summed E-state index contributed by atoms with van der Waals surface area (Å²) in [6.07, 6.45) is 0.220. The number of aromatic nitrogens is 1. The van der Waals surface area contributed by atoms with E-state index in [1.54, 1.807) is 0 Å². The van der Waals surface area contributed by atoms with E-state index >= 15 is 0 Å². The molecule has 144 valence electrons. The Labute approximate surface area is 169 Å². The van der Waals surface area contributed by atoms with Crippen LogP contribution < -0.4 is 0 Å². The number of ether oxygens (including phenoxy) is 1. The fraction of sp³-hybridized carbons (Fsp3) is 0.120. The molecule has 1 heterocycles. The first-order valence-corrected chi connectivity index (χ1v) is 9.51. The summed E-state index contributed by atoms with van der Waals surface area (Å²) in [7, 11) is 0. The minimum atomic E-state index is -0.291. The van der Waals surface area contributed by atoms with E-state index in [-0.39, 0.29) is 19.0 Å². The summed E-state index contributed by atoms with van der Waals surface area (Å²) in [6, 6.07) is 27.7. The standard InChI is InChI=1S/C25H21NO3/c1-18-23(26-25(29-18)22-10-6-3-7-11-22)17-28-24(27)16-19-12-14-21(15-13-19)20-8-4-2-5-9-20/h2-15H,16-17H2,1H3. The first kappa shape index (κ1) is 18.7. The molecule has 0 fully saturated rings. The third kappa shape index (κ3) is 4.61. The minimum Gasteiger partial charge on any atom is -0.459 e. The largest absolute Gasteiger partial charge is 0.459 e. The molecular formula is C25H21NO3. The van der Waals surface area contributed by atoms with Crippen molar-refractivity contribution in [3.63, 3.8) is 0 Å². The Balaban J connectivity index is 1.35. The Morgan fingerprint density at radius 1 is 0.828 bits per heavy atom. The molecule has 0 spiro atoms. The molecule has 0 atom stereocenters. The number of hydrogen-bond donors (Lipinski definition) is 0. The van der Waals surface area contributed by atoms with Crippen molar-refractivity contribution in [3.8, 4) is 22.6 Å².